The summed E-state index contributed by atoms with van der Waals surface area (Å²) < 4.78 is 0. The van der Waals surface area contributed by atoms with Gasteiger partial charge in [-0.2, -0.15) is 0 Å². The first-order chi connectivity index (χ1) is 9.58. The van der Waals surface area contributed by atoms with E-state index in [1.54, 1.807) is 30.8 Å². The number of carbonyl (C=O) groups excluding carboxylic acids is 1. The molecule has 0 aliphatic carbocycles. The topological polar surface area (TPSA) is 20.3 Å². The minimum atomic E-state index is -0.260. The number of likely N-dealkylation sites (N-methyl/N-ethyl adjacent to an activating group) is 1. The largest absolute Gasteiger partial charge is 0.348 e. The summed E-state index contributed by atoms with van der Waals surface area (Å²) in [5, 5.41) is 0.416. The minimum Gasteiger partial charge on any atom is -0.348 e. The van der Waals surface area contributed by atoms with Crippen molar-refractivity contribution in [1.82, 2.24) is 4.90 Å². The Hall–Kier alpha value is -1.45. The molecular weight excluding hydrogens is 290 g/mol. The SMILES string of the molecule is CN(C)C(=O)C(Sc1ccccc1)c1ccc(Cl)cc1. The second kappa shape index (κ2) is 6.82. The second-order valence-electron chi connectivity index (χ2n) is 4.60. The van der Waals surface area contributed by atoms with E-state index in [0.717, 1.165) is 10.5 Å². The van der Waals surface area contributed by atoms with Gasteiger partial charge in [0.05, 0.1) is 0 Å². The quantitative estimate of drug-likeness (QED) is 0.787. The predicted molar refractivity (Wildman–Crippen MR) is 85.2 cm³/mol. The molecule has 0 fully saturated rings. The number of benzene rings is 2. The van der Waals surface area contributed by atoms with Gasteiger partial charge < -0.3 is 4.90 Å². The van der Waals surface area contributed by atoms with Gasteiger partial charge in [-0.05, 0) is 29.8 Å². The Bertz CT molecular complexity index is 569. The summed E-state index contributed by atoms with van der Waals surface area (Å²) in [6, 6.07) is 17.4. The maximum absolute atomic E-state index is 12.4. The molecule has 0 N–H and O–H groups in total. The van der Waals surface area contributed by atoms with Crippen molar-refractivity contribution in [2.45, 2.75) is 10.1 Å². The predicted octanol–water partition coefficient (Wildman–Crippen LogP) is 4.26. The molecule has 0 radical (unpaired) electrons. The Kier molecular flexibility index (Phi) is 5.10. The molecule has 0 saturated carbocycles. The first-order valence-corrected chi connectivity index (χ1v) is 7.52. The third-order valence-corrected chi connectivity index (χ3v) is 4.34. The lowest BCUT2D eigenvalue weighted by Crippen LogP contribution is -2.26. The van der Waals surface area contributed by atoms with Crippen LogP contribution >= 0.6 is 23.4 Å². The van der Waals surface area contributed by atoms with Gasteiger partial charge >= 0.3 is 0 Å². The molecule has 1 unspecified atom stereocenters. The van der Waals surface area contributed by atoms with Gasteiger partial charge in [0.2, 0.25) is 5.91 Å². The zero-order chi connectivity index (χ0) is 14.5. The Morgan fingerprint density at radius 2 is 1.65 bits per heavy atom. The van der Waals surface area contributed by atoms with Crippen LogP contribution in [0.2, 0.25) is 5.02 Å². The van der Waals surface area contributed by atoms with Crippen LogP contribution in [0.4, 0.5) is 0 Å². The summed E-state index contributed by atoms with van der Waals surface area (Å²) >= 11 is 7.47. The standard InChI is InChI=1S/C16H16ClNOS/c1-18(2)16(19)15(12-8-10-13(17)11-9-12)20-14-6-4-3-5-7-14/h3-11,15H,1-2H3. The second-order valence-corrected chi connectivity index (χ2v) is 6.21. The highest BCUT2D eigenvalue weighted by Crippen LogP contribution is 2.36. The van der Waals surface area contributed by atoms with Crippen LogP contribution in [0, 0.1) is 0 Å². The van der Waals surface area contributed by atoms with E-state index in [4.69, 9.17) is 11.6 Å². The van der Waals surface area contributed by atoms with Crippen LogP contribution < -0.4 is 0 Å². The van der Waals surface area contributed by atoms with E-state index in [0.29, 0.717) is 5.02 Å². The van der Waals surface area contributed by atoms with Crippen molar-refractivity contribution in [1.29, 1.82) is 0 Å². The third kappa shape index (κ3) is 3.78. The summed E-state index contributed by atoms with van der Waals surface area (Å²) in [7, 11) is 3.55. The smallest absolute Gasteiger partial charge is 0.240 e. The Morgan fingerprint density at radius 3 is 2.20 bits per heavy atom. The van der Waals surface area contributed by atoms with Gasteiger partial charge in [-0.3, -0.25) is 4.79 Å². The lowest BCUT2D eigenvalue weighted by atomic mass is 10.1. The summed E-state index contributed by atoms with van der Waals surface area (Å²) in [5.74, 6) is 0.0705. The molecule has 2 rings (SSSR count). The molecule has 1 atom stereocenters. The van der Waals surface area contributed by atoms with E-state index in [9.17, 15) is 4.79 Å². The summed E-state index contributed by atoms with van der Waals surface area (Å²) in [6.07, 6.45) is 0. The van der Waals surface area contributed by atoms with Crippen molar-refractivity contribution in [3.63, 3.8) is 0 Å². The van der Waals surface area contributed by atoms with Crippen LogP contribution in [0.15, 0.2) is 59.5 Å². The average Bonchev–Trinajstić information content (AvgIpc) is 2.46. The highest BCUT2D eigenvalue weighted by molar-refractivity contribution is 8.00. The molecule has 20 heavy (non-hydrogen) atoms. The van der Waals surface area contributed by atoms with Crippen LogP contribution in [0.1, 0.15) is 10.8 Å². The van der Waals surface area contributed by atoms with Gasteiger partial charge in [0.1, 0.15) is 5.25 Å². The molecule has 104 valence electrons. The van der Waals surface area contributed by atoms with E-state index >= 15 is 0 Å². The normalized spacial score (nSPS) is 11.9. The van der Waals surface area contributed by atoms with Crippen LogP contribution in [0.25, 0.3) is 0 Å². The molecule has 0 aliphatic heterocycles. The number of hydrogen-bond donors (Lipinski definition) is 0. The molecule has 0 bridgehead atoms. The molecule has 0 heterocycles. The Morgan fingerprint density at radius 1 is 1.05 bits per heavy atom. The van der Waals surface area contributed by atoms with Gasteiger partial charge in [-0.25, -0.2) is 0 Å². The van der Waals surface area contributed by atoms with Crippen LogP contribution in [0.5, 0.6) is 0 Å². The highest BCUT2D eigenvalue weighted by atomic mass is 35.5. The summed E-state index contributed by atoms with van der Waals surface area (Å²) in [6.45, 7) is 0. The molecule has 4 heteroatoms. The van der Waals surface area contributed by atoms with Crippen molar-refractivity contribution < 1.29 is 4.79 Å². The fraction of sp³-hybridized carbons (Fsp3) is 0.188. The fourth-order valence-electron chi connectivity index (χ4n) is 1.77. The first kappa shape index (κ1) is 14.9. The van der Waals surface area contributed by atoms with Gasteiger partial charge in [-0.1, -0.05) is 41.9 Å². The lowest BCUT2D eigenvalue weighted by Gasteiger charge is -2.20. The summed E-state index contributed by atoms with van der Waals surface area (Å²) in [5.41, 5.74) is 0.960. The molecular formula is C16H16ClNOS. The number of nitrogens with zero attached hydrogens (tertiary/aromatic N) is 1. The van der Waals surface area contributed by atoms with Gasteiger partial charge in [0.25, 0.3) is 0 Å². The number of hydrogen-bond acceptors (Lipinski definition) is 2. The number of thioether (sulfide) groups is 1. The molecule has 0 saturated heterocycles. The molecule has 0 spiro atoms. The van der Waals surface area contributed by atoms with Crippen molar-refractivity contribution >= 4 is 29.3 Å². The Balaban J connectivity index is 2.30. The van der Waals surface area contributed by atoms with E-state index in [-0.39, 0.29) is 11.2 Å². The number of halogens is 1. The number of carbonyl (C=O) groups is 1. The maximum Gasteiger partial charge on any atom is 0.240 e. The van der Waals surface area contributed by atoms with Crippen molar-refractivity contribution in [3.8, 4) is 0 Å². The molecule has 2 aromatic rings. The number of rotatable bonds is 4. The maximum atomic E-state index is 12.4. The molecule has 1 amide bonds. The zero-order valence-electron chi connectivity index (χ0n) is 11.4. The zero-order valence-corrected chi connectivity index (χ0v) is 13.0. The lowest BCUT2D eigenvalue weighted by molar-refractivity contribution is -0.128. The van der Waals surface area contributed by atoms with E-state index < -0.39 is 0 Å². The van der Waals surface area contributed by atoms with Gasteiger partial charge in [0, 0.05) is 24.0 Å². The van der Waals surface area contributed by atoms with Crippen LogP contribution in [-0.4, -0.2) is 24.9 Å². The van der Waals surface area contributed by atoms with Gasteiger partial charge in [-0.15, -0.1) is 11.8 Å². The van der Waals surface area contributed by atoms with Crippen LogP contribution in [0.3, 0.4) is 0 Å². The molecule has 0 aromatic heterocycles. The van der Waals surface area contributed by atoms with E-state index in [2.05, 4.69) is 0 Å². The molecule has 0 aliphatic rings. The minimum absolute atomic E-state index is 0.0705. The van der Waals surface area contributed by atoms with Crippen molar-refractivity contribution in [2.24, 2.45) is 0 Å². The molecule has 2 aromatic carbocycles. The Labute approximate surface area is 128 Å². The van der Waals surface area contributed by atoms with E-state index in [1.165, 1.54) is 0 Å². The van der Waals surface area contributed by atoms with Crippen molar-refractivity contribution in [2.75, 3.05) is 14.1 Å². The third-order valence-electron chi connectivity index (χ3n) is 2.83. The summed E-state index contributed by atoms with van der Waals surface area (Å²) in [4.78, 5) is 15.1. The van der Waals surface area contributed by atoms with Crippen molar-refractivity contribution in [3.05, 3.63) is 65.2 Å². The first-order valence-electron chi connectivity index (χ1n) is 6.26. The number of amides is 1. The van der Waals surface area contributed by atoms with Gasteiger partial charge in [0.15, 0.2) is 0 Å². The monoisotopic (exact) mass is 305 g/mol. The fourth-order valence-corrected chi connectivity index (χ4v) is 3.09. The highest BCUT2D eigenvalue weighted by Gasteiger charge is 2.23. The molecule has 2 nitrogen and oxygen atoms in total. The van der Waals surface area contributed by atoms with E-state index in [1.807, 2.05) is 54.6 Å². The average molecular weight is 306 g/mol. The van der Waals surface area contributed by atoms with Crippen LogP contribution in [-0.2, 0) is 4.79 Å².